The molecule has 0 radical (unpaired) electrons. The van der Waals surface area contributed by atoms with Gasteiger partial charge in [0.25, 0.3) is 5.91 Å². The average molecular weight is 463 g/mol. The number of hydrazine groups is 1. The van der Waals surface area contributed by atoms with Crippen molar-refractivity contribution in [3.05, 3.63) is 82.2 Å². The molecular formula is C24H26N6O4. The van der Waals surface area contributed by atoms with Gasteiger partial charge in [-0.3, -0.25) is 25.8 Å². The summed E-state index contributed by atoms with van der Waals surface area (Å²) in [5.41, 5.74) is 6.37. The van der Waals surface area contributed by atoms with Gasteiger partial charge in [0.05, 0.1) is 17.6 Å². The highest BCUT2D eigenvalue weighted by atomic mass is 16.6. The van der Waals surface area contributed by atoms with Crippen LogP contribution in [0.2, 0.25) is 0 Å². The SMILES string of the molecule is COc1ccccc1C(=O)NNc1ncnc(N2CCC(Cc3ccccc3)CC2)c1[N+](=O)[O-]. The Hall–Kier alpha value is -4.21. The molecular weight excluding hydrogens is 436 g/mol. The Morgan fingerprint density at radius 3 is 2.53 bits per heavy atom. The van der Waals surface area contributed by atoms with E-state index in [4.69, 9.17) is 4.74 Å². The first kappa shape index (κ1) is 23.0. The first-order valence-corrected chi connectivity index (χ1v) is 11.0. The molecule has 0 aliphatic carbocycles. The van der Waals surface area contributed by atoms with Crippen molar-refractivity contribution in [3.8, 4) is 5.75 Å². The van der Waals surface area contributed by atoms with E-state index in [0.29, 0.717) is 24.8 Å². The molecule has 34 heavy (non-hydrogen) atoms. The van der Waals surface area contributed by atoms with Crippen molar-refractivity contribution in [2.45, 2.75) is 19.3 Å². The Bertz CT molecular complexity index is 1150. The van der Waals surface area contributed by atoms with E-state index in [-0.39, 0.29) is 22.9 Å². The number of aromatic nitrogens is 2. The largest absolute Gasteiger partial charge is 0.496 e. The Kier molecular flexibility index (Phi) is 7.16. The monoisotopic (exact) mass is 462 g/mol. The zero-order valence-electron chi connectivity index (χ0n) is 18.8. The van der Waals surface area contributed by atoms with Crippen LogP contribution in [0, 0.1) is 16.0 Å². The quantitative estimate of drug-likeness (QED) is 0.384. The van der Waals surface area contributed by atoms with Crippen molar-refractivity contribution < 1.29 is 14.5 Å². The van der Waals surface area contributed by atoms with Crippen molar-refractivity contribution in [1.29, 1.82) is 0 Å². The van der Waals surface area contributed by atoms with Crippen molar-refractivity contribution in [1.82, 2.24) is 15.4 Å². The highest BCUT2D eigenvalue weighted by Crippen LogP contribution is 2.34. The van der Waals surface area contributed by atoms with Gasteiger partial charge in [0.15, 0.2) is 0 Å². The summed E-state index contributed by atoms with van der Waals surface area (Å²) in [6.07, 6.45) is 4.06. The molecule has 0 atom stereocenters. The first-order valence-electron chi connectivity index (χ1n) is 11.0. The second kappa shape index (κ2) is 10.6. The number of ether oxygens (including phenoxy) is 1. The van der Waals surface area contributed by atoms with Crippen LogP contribution in [-0.4, -0.2) is 41.0 Å². The number of anilines is 2. The zero-order chi connectivity index (χ0) is 23.9. The first-order chi connectivity index (χ1) is 16.6. The van der Waals surface area contributed by atoms with Gasteiger partial charge in [-0.05, 0) is 42.9 Å². The zero-order valence-corrected chi connectivity index (χ0v) is 18.8. The van der Waals surface area contributed by atoms with Crippen molar-refractivity contribution in [3.63, 3.8) is 0 Å². The molecule has 1 saturated heterocycles. The van der Waals surface area contributed by atoms with Gasteiger partial charge in [-0.25, -0.2) is 9.97 Å². The number of nitro groups is 1. The highest BCUT2D eigenvalue weighted by molar-refractivity contribution is 5.97. The number of amides is 1. The molecule has 1 aliphatic rings. The van der Waals surface area contributed by atoms with Crippen LogP contribution in [0.5, 0.6) is 5.75 Å². The van der Waals surface area contributed by atoms with Crippen LogP contribution in [0.1, 0.15) is 28.8 Å². The number of carbonyl (C=O) groups is 1. The third-order valence-electron chi connectivity index (χ3n) is 5.91. The van der Waals surface area contributed by atoms with Gasteiger partial charge < -0.3 is 9.64 Å². The molecule has 2 aromatic carbocycles. The number of hydrogen-bond acceptors (Lipinski definition) is 8. The van der Waals surface area contributed by atoms with Crippen molar-refractivity contribution in [2.24, 2.45) is 5.92 Å². The molecule has 1 fully saturated rings. The predicted molar refractivity (Wildman–Crippen MR) is 128 cm³/mol. The Labute approximate surface area is 197 Å². The Balaban J connectivity index is 1.45. The third-order valence-corrected chi connectivity index (χ3v) is 5.91. The summed E-state index contributed by atoms with van der Waals surface area (Å²) in [7, 11) is 1.46. The minimum absolute atomic E-state index is 0.0790. The lowest BCUT2D eigenvalue weighted by Crippen LogP contribution is -2.36. The Morgan fingerprint density at radius 1 is 1.12 bits per heavy atom. The third kappa shape index (κ3) is 5.22. The maximum Gasteiger partial charge on any atom is 0.355 e. The number of para-hydroxylation sites is 1. The lowest BCUT2D eigenvalue weighted by molar-refractivity contribution is -0.383. The number of carbonyl (C=O) groups excluding carboxylic acids is 1. The minimum atomic E-state index is -0.525. The summed E-state index contributed by atoms with van der Waals surface area (Å²) in [5.74, 6) is 0.556. The van der Waals surface area contributed by atoms with Gasteiger partial charge in [-0.1, -0.05) is 42.5 Å². The smallest absolute Gasteiger partial charge is 0.355 e. The van der Waals surface area contributed by atoms with E-state index in [1.807, 2.05) is 23.1 Å². The fraction of sp³-hybridized carbons (Fsp3) is 0.292. The van der Waals surface area contributed by atoms with E-state index >= 15 is 0 Å². The summed E-state index contributed by atoms with van der Waals surface area (Å²) >= 11 is 0. The van der Waals surface area contributed by atoms with Gasteiger partial charge >= 0.3 is 5.69 Å². The number of nitrogens with zero attached hydrogens (tertiary/aromatic N) is 4. The second-order valence-electron chi connectivity index (χ2n) is 8.05. The van der Waals surface area contributed by atoms with Gasteiger partial charge in [-0.2, -0.15) is 0 Å². The van der Waals surface area contributed by atoms with Gasteiger partial charge in [0.2, 0.25) is 11.6 Å². The van der Waals surface area contributed by atoms with Gasteiger partial charge in [0.1, 0.15) is 12.1 Å². The van der Waals surface area contributed by atoms with Crippen LogP contribution in [-0.2, 0) is 6.42 Å². The highest BCUT2D eigenvalue weighted by Gasteiger charge is 2.30. The number of rotatable bonds is 8. The average Bonchev–Trinajstić information content (AvgIpc) is 2.88. The fourth-order valence-electron chi connectivity index (χ4n) is 4.17. The van der Waals surface area contributed by atoms with E-state index in [1.165, 1.54) is 19.0 Å². The van der Waals surface area contributed by atoms with E-state index in [9.17, 15) is 14.9 Å². The Morgan fingerprint density at radius 2 is 1.82 bits per heavy atom. The van der Waals surface area contributed by atoms with Crippen LogP contribution in [0.4, 0.5) is 17.3 Å². The fourth-order valence-corrected chi connectivity index (χ4v) is 4.17. The molecule has 1 aliphatic heterocycles. The molecule has 1 amide bonds. The second-order valence-corrected chi connectivity index (χ2v) is 8.05. The summed E-state index contributed by atoms with van der Waals surface area (Å²) in [5, 5.41) is 11.9. The van der Waals surface area contributed by atoms with Crippen LogP contribution < -0.4 is 20.5 Å². The van der Waals surface area contributed by atoms with Crippen molar-refractivity contribution >= 4 is 23.2 Å². The maximum absolute atomic E-state index is 12.6. The minimum Gasteiger partial charge on any atom is -0.496 e. The number of hydrogen-bond donors (Lipinski definition) is 2. The number of piperidine rings is 1. The lowest BCUT2D eigenvalue weighted by Gasteiger charge is -2.32. The molecule has 3 aromatic rings. The number of benzene rings is 2. The molecule has 4 rings (SSSR count). The molecule has 176 valence electrons. The van der Waals surface area contributed by atoms with E-state index in [1.54, 1.807) is 24.3 Å². The maximum atomic E-state index is 12.6. The molecule has 1 aromatic heterocycles. The summed E-state index contributed by atoms with van der Waals surface area (Å²) in [4.78, 5) is 34.1. The van der Waals surface area contributed by atoms with E-state index in [0.717, 1.165) is 19.3 Å². The lowest BCUT2D eigenvalue weighted by atomic mass is 9.90. The van der Waals surface area contributed by atoms with Crippen LogP contribution in [0.3, 0.4) is 0 Å². The van der Waals surface area contributed by atoms with E-state index < -0.39 is 10.8 Å². The topological polar surface area (TPSA) is 123 Å². The van der Waals surface area contributed by atoms with Crippen LogP contribution >= 0.6 is 0 Å². The summed E-state index contributed by atoms with van der Waals surface area (Å²) in [6.45, 7) is 1.31. The molecule has 2 N–H and O–H groups in total. The van der Waals surface area contributed by atoms with Crippen molar-refractivity contribution in [2.75, 3.05) is 30.5 Å². The summed E-state index contributed by atoms with van der Waals surface area (Å²) < 4.78 is 5.20. The van der Waals surface area contributed by atoms with Gasteiger partial charge in [0, 0.05) is 13.1 Å². The normalized spacial score (nSPS) is 13.9. The number of methoxy groups -OCH3 is 1. The molecule has 10 heteroatoms. The molecule has 2 heterocycles. The number of nitrogens with one attached hydrogen (secondary N) is 2. The standard InChI is InChI=1S/C24H26N6O4/c1-34-20-10-6-5-9-19(20)24(31)28-27-22-21(30(32)33)23(26-16-25-22)29-13-11-18(12-14-29)15-17-7-3-2-4-8-17/h2-10,16,18H,11-15H2,1H3,(H,28,31)(H,25,26,27). The molecule has 10 nitrogen and oxygen atoms in total. The summed E-state index contributed by atoms with van der Waals surface area (Å²) in [6, 6.07) is 17.0. The molecule has 0 unspecified atom stereocenters. The van der Waals surface area contributed by atoms with Gasteiger partial charge in [-0.15, -0.1) is 0 Å². The van der Waals surface area contributed by atoms with E-state index in [2.05, 4.69) is 33.0 Å². The van der Waals surface area contributed by atoms with Crippen LogP contribution in [0.15, 0.2) is 60.9 Å². The molecule has 0 bridgehead atoms. The molecule has 0 spiro atoms. The predicted octanol–water partition coefficient (Wildman–Crippen LogP) is 3.61. The molecule has 0 saturated carbocycles. The van der Waals surface area contributed by atoms with Crippen LogP contribution in [0.25, 0.3) is 0 Å².